The van der Waals surface area contributed by atoms with Gasteiger partial charge in [-0.05, 0) is 5.56 Å². The summed E-state index contributed by atoms with van der Waals surface area (Å²) in [6, 6.07) is 9.21. The molecule has 1 amide bonds. The van der Waals surface area contributed by atoms with Crippen LogP contribution in [-0.2, 0) is 20.9 Å². The quantitative estimate of drug-likeness (QED) is 0.760. The third-order valence-electron chi connectivity index (χ3n) is 3.59. The molecule has 2 unspecified atom stereocenters. The molecule has 114 valence electrons. The van der Waals surface area contributed by atoms with Crippen molar-refractivity contribution in [2.45, 2.75) is 12.6 Å². The van der Waals surface area contributed by atoms with Crippen molar-refractivity contribution in [3.63, 3.8) is 0 Å². The van der Waals surface area contributed by atoms with E-state index in [0.717, 1.165) is 5.56 Å². The zero-order chi connectivity index (χ0) is 15.2. The molecule has 2 rings (SSSR count). The van der Waals surface area contributed by atoms with Gasteiger partial charge in [0.05, 0.1) is 30.5 Å². The van der Waals surface area contributed by atoms with Crippen LogP contribution < -0.4 is 0 Å². The first kappa shape index (κ1) is 16.0. The Morgan fingerprint density at radius 3 is 2.71 bits per heavy atom. The molecule has 6 heteroatoms. The minimum Gasteiger partial charge on any atom is -0.445 e. The number of hydrogen-bond donors (Lipinski definition) is 0. The minimum absolute atomic E-state index is 0.0419. The zero-order valence-electron chi connectivity index (χ0n) is 11.8. The summed E-state index contributed by atoms with van der Waals surface area (Å²) in [6.45, 7) is 0.931. The average Bonchev–Trinajstić information content (AvgIpc) is 3.01. The second-order valence-electron chi connectivity index (χ2n) is 4.96. The van der Waals surface area contributed by atoms with E-state index in [2.05, 4.69) is 15.9 Å². The molecule has 1 aromatic rings. The number of rotatable bonds is 5. The number of ether oxygens (including phenoxy) is 2. The predicted octanol–water partition coefficient (Wildman–Crippen LogP) is 2.23. The summed E-state index contributed by atoms with van der Waals surface area (Å²) in [5.74, 6) is -0.251. The fourth-order valence-corrected chi connectivity index (χ4v) is 2.70. The van der Waals surface area contributed by atoms with Crippen molar-refractivity contribution >= 4 is 27.8 Å². The largest absolute Gasteiger partial charge is 0.445 e. The Hall–Kier alpha value is -1.40. The molecule has 1 saturated heterocycles. The molecule has 0 aromatic heterocycles. The van der Waals surface area contributed by atoms with E-state index in [1.165, 1.54) is 4.90 Å². The van der Waals surface area contributed by atoms with Gasteiger partial charge in [0.2, 0.25) is 0 Å². The fraction of sp³-hybridized carbons (Fsp3) is 0.467. The number of alkyl halides is 1. The lowest BCUT2D eigenvalue weighted by atomic mass is 9.99. The van der Waals surface area contributed by atoms with Gasteiger partial charge in [0, 0.05) is 7.05 Å². The highest BCUT2D eigenvalue weighted by Crippen LogP contribution is 2.21. The first-order valence-electron chi connectivity index (χ1n) is 6.73. The van der Waals surface area contributed by atoms with Crippen molar-refractivity contribution < 1.29 is 19.1 Å². The SMILES string of the molecule is CN(C(=O)OCc1ccccc1)C1COCC1C(=O)CBr. The van der Waals surface area contributed by atoms with Crippen molar-refractivity contribution in [3.8, 4) is 0 Å². The van der Waals surface area contributed by atoms with Gasteiger partial charge in [0.1, 0.15) is 6.61 Å². The van der Waals surface area contributed by atoms with E-state index in [1.54, 1.807) is 7.05 Å². The Bertz CT molecular complexity index is 494. The number of benzene rings is 1. The molecule has 0 saturated carbocycles. The van der Waals surface area contributed by atoms with E-state index >= 15 is 0 Å². The fourth-order valence-electron chi connectivity index (χ4n) is 2.29. The van der Waals surface area contributed by atoms with Gasteiger partial charge in [-0.1, -0.05) is 46.3 Å². The van der Waals surface area contributed by atoms with Crippen LogP contribution in [0.5, 0.6) is 0 Å². The molecule has 0 N–H and O–H groups in total. The first-order chi connectivity index (χ1) is 10.1. The van der Waals surface area contributed by atoms with Crippen LogP contribution in [-0.4, -0.2) is 48.4 Å². The number of amides is 1. The van der Waals surface area contributed by atoms with E-state index in [1.807, 2.05) is 30.3 Å². The molecule has 0 aliphatic carbocycles. The summed E-state index contributed by atoms with van der Waals surface area (Å²) in [5.41, 5.74) is 0.926. The normalized spacial score (nSPS) is 21.0. The third-order valence-corrected chi connectivity index (χ3v) is 4.14. The average molecular weight is 356 g/mol. The summed E-state index contributed by atoms with van der Waals surface area (Å²) in [6.07, 6.45) is -0.443. The maximum atomic E-state index is 12.1. The van der Waals surface area contributed by atoms with Crippen LogP contribution >= 0.6 is 15.9 Å². The van der Waals surface area contributed by atoms with Crippen LogP contribution in [0.15, 0.2) is 30.3 Å². The van der Waals surface area contributed by atoms with Crippen LogP contribution in [0.4, 0.5) is 4.79 Å². The summed E-state index contributed by atoms with van der Waals surface area (Å²) < 4.78 is 10.6. The van der Waals surface area contributed by atoms with Crippen molar-refractivity contribution in [2.24, 2.45) is 5.92 Å². The van der Waals surface area contributed by atoms with Crippen LogP contribution in [0.2, 0.25) is 0 Å². The second-order valence-corrected chi connectivity index (χ2v) is 5.52. The Morgan fingerprint density at radius 2 is 2.05 bits per heavy atom. The molecule has 2 atom stereocenters. The third kappa shape index (κ3) is 4.04. The topological polar surface area (TPSA) is 55.8 Å². The van der Waals surface area contributed by atoms with Crippen LogP contribution in [0.1, 0.15) is 5.56 Å². The highest BCUT2D eigenvalue weighted by atomic mass is 79.9. The number of ketones is 1. The molecule has 0 bridgehead atoms. The van der Waals surface area contributed by atoms with Crippen LogP contribution in [0.3, 0.4) is 0 Å². The summed E-state index contributed by atoms with van der Waals surface area (Å²) in [7, 11) is 1.64. The Kier molecular flexibility index (Phi) is 5.76. The van der Waals surface area contributed by atoms with Gasteiger partial charge in [-0.2, -0.15) is 0 Å². The first-order valence-corrected chi connectivity index (χ1v) is 7.85. The number of likely N-dealkylation sites (N-methyl/N-ethyl adjacent to an activating group) is 1. The number of nitrogens with zero attached hydrogens (tertiary/aromatic N) is 1. The lowest BCUT2D eigenvalue weighted by molar-refractivity contribution is -0.121. The van der Waals surface area contributed by atoms with Crippen LogP contribution in [0, 0.1) is 5.92 Å². The molecular formula is C15H18BrNO4. The molecule has 0 spiro atoms. The number of carbonyl (C=O) groups excluding carboxylic acids is 2. The smallest absolute Gasteiger partial charge is 0.410 e. The summed E-state index contributed by atoms with van der Waals surface area (Å²) >= 11 is 3.16. The monoisotopic (exact) mass is 355 g/mol. The van der Waals surface area contributed by atoms with Crippen molar-refractivity contribution in [1.82, 2.24) is 4.90 Å². The summed E-state index contributed by atoms with van der Waals surface area (Å²) in [5, 5.41) is 0.268. The minimum atomic E-state index is -0.443. The van der Waals surface area contributed by atoms with E-state index in [-0.39, 0.29) is 29.7 Å². The molecule has 1 heterocycles. The number of carbonyl (C=O) groups is 2. The van der Waals surface area contributed by atoms with Crippen molar-refractivity contribution in [1.29, 1.82) is 0 Å². The van der Waals surface area contributed by atoms with Crippen LogP contribution in [0.25, 0.3) is 0 Å². The number of halogens is 1. The Balaban J connectivity index is 1.91. The van der Waals surface area contributed by atoms with E-state index in [9.17, 15) is 9.59 Å². The maximum Gasteiger partial charge on any atom is 0.410 e. The van der Waals surface area contributed by atoms with Gasteiger partial charge in [0.15, 0.2) is 5.78 Å². The highest BCUT2D eigenvalue weighted by molar-refractivity contribution is 9.09. The molecule has 1 fully saturated rings. The number of Topliss-reactive ketones (excluding diaryl/α,β-unsaturated/α-hetero) is 1. The lowest BCUT2D eigenvalue weighted by Crippen LogP contribution is -2.44. The Morgan fingerprint density at radius 1 is 1.33 bits per heavy atom. The lowest BCUT2D eigenvalue weighted by Gasteiger charge is -2.26. The molecule has 0 radical (unpaired) electrons. The number of hydrogen-bond acceptors (Lipinski definition) is 4. The van der Waals surface area contributed by atoms with Gasteiger partial charge >= 0.3 is 6.09 Å². The summed E-state index contributed by atoms with van der Waals surface area (Å²) in [4.78, 5) is 25.4. The van der Waals surface area contributed by atoms with Gasteiger partial charge in [-0.3, -0.25) is 4.79 Å². The molecule has 1 aliphatic rings. The van der Waals surface area contributed by atoms with E-state index in [0.29, 0.717) is 13.2 Å². The van der Waals surface area contributed by atoms with E-state index in [4.69, 9.17) is 9.47 Å². The van der Waals surface area contributed by atoms with Gasteiger partial charge in [0.25, 0.3) is 0 Å². The van der Waals surface area contributed by atoms with E-state index < -0.39 is 6.09 Å². The molecular weight excluding hydrogens is 338 g/mol. The molecule has 5 nitrogen and oxygen atoms in total. The highest BCUT2D eigenvalue weighted by Gasteiger charge is 2.38. The van der Waals surface area contributed by atoms with Gasteiger partial charge < -0.3 is 14.4 Å². The maximum absolute atomic E-state index is 12.1. The van der Waals surface area contributed by atoms with Gasteiger partial charge in [-0.15, -0.1) is 0 Å². The molecule has 21 heavy (non-hydrogen) atoms. The van der Waals surface area contributed by atoms with Gasteiger partial charge in [-0.25, -0.2) is 4.79 Å². The second kappa shape index (κ2) is 7.56. The molecule has 1 aromatic carbocycles. The van der Waals surface area contributed by atoms with Crippen molar-refractivity contribution in [3.05, 3.63) is 35.9 Å². The van der Waals surface area contributed by atoms with Crippen molar-refractivity contribution in [2.75, 3.05) is 25.6 Å². The Labute approximate surface area is 132 Å². The predicted molar refractivity (Wildman–Crippen MR) is 81.3 cm³/mol. The standard InChI is InChI=1S/C15H18BrNO4/c1-17(13-10-20-9-12(13)14(18)7-16)15(19)21-8-11-5-3-2-4-6-11/h2-6,12-13H,7-10H2,1H3. The zero-order valence-corrected chi connectivity index (χ0v) is 13.4. The molecule has 1 aliphatic heterocycles.